The quantitative estimate of drug-likeness (QED) is 0.680. The van der Waals surface area contributed by atoms with Crippen molar-refractivity contribution in [3.05, 3.63) is 70.9 Å². The first kappa shape index (κ1) is 16.3. The number of benzene rings is 2. The Kier molecular flexibility index (Phi) is 4.08. The molecule has 2 heterocycles. The molecule has 0 fully saturated rings. The highest BCUT2D eigenvalue weighted by Gasteiger charge is 2.26. The molecular formula is C21H22F2N2. The predicted molar refractivity (Wildman–Crippen MR) is 96.6 cm³/mol. The van der Waals surface area contributed by atoms with Crippen LogP contribution in [0.15, 0.2) is 42.5 Å². The number of likely N-dealkylation sites (N-methyl/N-ethyl adjacent to an activating group) is 1. The number of hydrogen-bond donors (Lipinski definition) is 0. The molecule has 0 saturated carbocycles. The standard InChI is InChI=1S/C21H22F2N2/c1-14-11-21-19(13-24(14)2)18-12-17(23)7-8-20(18)25(21)10-9-15-3-5-16(22)6-4-15/h3-8,12,14H,9-11,13H2,1-2H3/t14-/m0/s1. The molecule has 0 saturated heterocycles. The van der Waals surface area contributed by atoms with Crippen LogP contribution in [-0.2, 0) is 25.9 Å². The molecule has 1 atom stereocenters. The van der Waals surface area contributed by atoms with Gasteiger partial charge in [-0.05, 0) is 61.9 Å². The molecule has 1 aliphatic rings. The van der Waals surface area contributed by atoms with Crippen molar-refractivity contribution in [1.82, 2.24) is 9.47 Å². The van der Waals surface area contributed by atoms with E-state index in [-0.39, 0.29) is 11.6 Å². The zero-order valence-corrected chi connectivity index (χ0v) is 14.6. The molecular weight excluding hydrogens is 318 g/mol. The third-order valence-electron chi connectivity index (χ3n) is 5.43. The highest BCUT2D eigenvalue weighted by molar-refractivity contribution is 5.86. The topological polar surface area (TPSA) is 8.17 Å². The van der Waals surface area contributed by atoms with E-state index in [0.717, 1.165) is 42.4 Å². The summed E-state index contributed by atoms with van der Waals surface area (Å²) in [4.78, 5) is 2.32. The highest BCUT2D eigenvalue weighted by Crippen LogP contribution is 2.33. The number of fused-ring (bicyclic) bond motifs is 3. The van der Waals surface area contributed by atoms with E-state index in [4.69, 9.17) is 0 Å². The van der Waals surface area contributed by atoms with Gasteiger partial charge in [-0.3, -0.25) is 4.90 Å². The van der Waals surface area contributed by atoms with Crippen molar-refractivity contribution in [2.75, 3.05) is 7.05 Å². The lowest BCUT2D eigenvalue weighted by Crippen LogP contribution is -2.35. The average molecular weight is 340 g/mol. The maximum absolute atomic E-state index is 13.8. The third kappa shape index (κ3) is 2.95. The first-order valence-electron chi connectivity index (χ1n) is 8.77. The largest absolute Gasteiger partial charge is 0.344 e. The van der Waals surface area contributed by atoms with E-state index in [9.17, 15) is 8.78 Å². The summed E-state index contributed by atoms with van der Waals surface area (Å²) in [5.41, 5.74) is 4.76. The van der Waals surface area contributed by atoms with Gasteiger partial charge in [0.05, 0.1) is 0 Å². The summed E-state index contributed by atoms with van der Waals surface area (Å²) in [5.74, 6) is -0.396. The van der Waals surface area contributed by atoms with Gasteiger partial charge >= 0.3 is 0 Å². The van der Waals surface area contributed by atoms with Crippen LogP contribution in [0.4, 0.5) is 8.78 Å². The molecule has 0 bridgehead atoms. The molecule has 2 aromatic carbocycles. The van der Waals surface area contributed by atoms with E-state index in [0.29, 0.717) is 6.04 Å². The molecule has 25 heavy (non-hydrogen) atoms. The van der Waals surface area contributed by atoms with Crippen molar-refractivity contribution in [2.45, 2.75) is 38.9 Å². The first-order chi connectivity index (χ1) is 12.0. The van der Waals surface area contributed by atoms with Crippen LogP contribution in [0.1, 0.15) is 23.7 Å². The number of aryl methyl sites for hydroxylation is 2. The molecule has 1 aliphatic heterocycles. The normalized spacial score (nSPS) is 17.8. The lowest BCUT2D eigenvalue weighted by Gasteiger charge is -2.31. The second-order valence-corrected chi connectivity index (χ2v) is 7.08. The Bertz CT molecular complexity index is 912. The molecule has 4 rings (SSSR count). The van der Waals surface area contributed by atoms with Gasteiger partial charge in [0.2, 0.25) is 0 Å². The second-order valence-electron chi connectivity index (χ2n) is 7.08. The van der Waals surface area contributed by atoms with Gasteiger partial charge < -0.3 is 4.57 Å². The number of hydrogen-bond acceptors (Lipinski definition) is 1. The molecule has 4 heteroatoms. The SMILES string of the molecule is C[C@H]1Cc2c(c3cc(F)ccc3n2CCc2ccc(F)cc2)CN1C. The van der Waals surface area contributed by atoms with Crippen LogP contribution < -0.4 is 0 Å². The zero-order valence-electron chi connectivity index (χ0n) is 14.6. The van der Waals surface area contributed by atoms with Crippen molar-refractivity contribution in [1.29, 1.82) is 0 Å². The molecule has 0 unspecified atom stereocenters. The van der Waals surface area contributed by atoms with Gasteiger partial charge in [-0.25, -0.2) is 8.78 Å². The van der Waals surface area contributed by atoms with Gasteiger partial charge in [-0.15, -0.1) is 0 Å². The van der Waals surface area contributed by atoms with Crippen LogP contribution in [0, 0.1) is 11.6 Å². The maximum atomic E-state index is 13.8. The zero-order chi connectivity index (χ0) is 17.6. The Morgan fingerprint density at radius 3 is 2.52 bits per heavy atom. The minimum atomic E-state index is -0.208. The number of rotatable bonds is 3. The summed E-state index contributed by atoms with van der Waals surface area (Å²) >= 11 is 0. The lowest BCUT2D eigenvalue weighted by molar-refractivity contribution is 0.228. The Labute approximate surface area is 146 Å². The number of nitrogens with zero attached hydrogens (tertiary/aromatic N) is 2. The van der Waals surface area contributed by atoms with Crippen LogP contribution in [0.5, 0.6) is 0 Å². The van der Waals surface area contributed by atoms with E-state index in [1.807, 2.05) is 18.2 Å². The van der Waals surface area contributed by atoms with Gasteiger partial charge in [0.15, 0.2) is 0 Å². The van der Waals surface area contributed by atoms with Crippen LogP contribution in [0.25, 0.3) is 10.9 Å². The molecule has 0 spiro atoms. The van der Waals surface area contributed by atoms with Crippen molar-refractivity contribution in [3.63, 3.8) is 0 Å². The van der Waals surface area contributed by atoms with Crippen molar-refractivity contribution in [2.24, 2.45) is 0 Å². The van der Waals surface area contributed by atoms with Gasteiger partial charge in [0, 0.05) is 42.1 Å². The minimum Gasteiger partial charge on any atom is -0.344 e. The Morgan fingerprint density at radius 1 is 1.04 bits per heavy atom. The van der Waals surface area contributed by atoms with Gasteiger partial charge in [-0.1, -0.05) is 12.1 Å². The highest BCUT2D eigenvalue weighted by atomic mass is 19.1. The van der Waals surface area contributed by atoms with Gasteiger partial charge in [-0.2, -0.15) is 0 Å². The van der Waals surface area contributed by atoms with Crippen LogP contribution in [-0.4, -0.2) is 22.6 Å². The Hall–Kier alpha value is -2.20. The molecule has 0 N–H and O–H groups in total. The molecule has 130 valence electrons. The summed E-state index contributed by atoms with van der Waals surface area (Å²) < 4.78 is 29.3. The monoisotopic (exact) mass is 340 g/mol. The van der Waals surface area contributed by atoms with Crippen LogP contribution in [0.3, 0.4) is 0 Å². The number of halogens is 2. The average Bonchev–Trinajstić information content (AvgIpc) is 2.87. The predicted octanol–water partition coefficient (Wildman–Crippen LogP) is 4.54. The Morgan fingerprint density at radius 2 is 1.76 bits per heavy atom. The lowest BCUT2D eigenvalue weighted by atomic mass is 10.00. The summed E-state index contributed by atoms with van der Waals surface area (Å²) in [7, 11) is 2.12. The van der Waals surface area contributed by atoms with E-state index in [1.165, 1.54) is 29.5 Å². The number of aromatic nitrogens is 1. The van der Waals surface area contributed by atoms with E-state index in [2.05, 4.69) is 23.4 Å². The molecule has 0 amide bonds. The summed E-state index contributed by atoms with van der Waals surface area (Å²) in [6, 6.07) is 12.2. The smallest absolute Gasteiger partial charge is 0.123 e. The summed E-state index contributed by atoms with van der Waals surface area (Å²) in [5, 5.41) is 1.02. The van der Waals surface area contributed by atoms with E-state index >= 15 is 0 Å². The van der Waals surface area contributed by atoms with Crippen LogP contribution >= 0.6 is 0 Å². The molecule has 0 radical (unpaired) electrons. The summed E-state index contributed by atoms with van der Waals surface area (Å²) in [6.45, 7) is 3.89. The molecule has 3 aromatic rings. The van der Waals surface area contributed by atoms with Crippen LogP contribution in [0.2, 0.25) is 0 Å². The second kappa shape index (κ2) is 6.26. The molecule has 2 nitrogen and oxygen atoms in total. The fraction of sp³-hybridized carbons (Fsp3) is 0.333. The molecule has 0 aliphatic carbocycles. The van der Waals surface area contributed by atoms with E-state index in [1.54, 1.807) is 6.07 Å². The van der Waals surface area contributed by atoms with E-state index < -0.39 is 0 Å². The maximum Gasteiger partial charge on any atom is 0.123 e. The Balaban J connectivity index is 1.74. The van der Waals surface area contributed by atoms with Crippen molar-refractivity contribution < 1.29 is 8.78 Å². The fourth-order valence-corrected chi connectivity index (χ4v) is 3.85. The minimum absolute atomic E-state index is 0.188. The van der Waals surface area contributed by atoms with Crippen molar-refractivity contribution >= 4 is 10.9 Å². The third-order valence-corrected chi connectivity index (χ3v) is 5.43. The van der Waals surface area contributed by atoms with Gasteiger partial charge in [0.25, 0.3) is 0 Å². The molecule has 1 aromatic heterocycles. The summed E-state index contributed by atoms with van der Waals surface area (Å²) in [6.07, 6.45) is 1.80. The van der Waals surface area contributed by atoms with Gasteiger partial charge in [0.1, 0.15) is 11.6 Å². The fourth-order valence-electron chi connectivity index (χ4n) is 3.85. The first-order valence-corrected chi connectivity index (χ1v) is 8.77. The van der Waals surface area contributed by atoms with Crippen molar-refractivity contribution in [3.8, 4) is 0 Å².